The van der Waals surface area contributed by atoms with Crippen LogP contribution in [0, 0.1) is 0 Å². The van der Waals surface area contributed by atoms with Crippen LogP contribution < -0.4 is 10.6 Å². The first kappa shape index (κ1) is 15.5. The number of rotatable bonds is 2. The summed E-state index contributed by atoms with van der Waals surface area (Å²) in [5, 5.41) is 6.47. The molecule has 130 valence electrons. The molecular weight excluding hydrogens is 344 g/mol. The van der Waals surface area contributed by atoms with Gasteiger partial charge >= 0.3 is 0 Å². The molecule has 0 radical (unpaired) electrons. The molecule has 1 aliphatic carbocycles. The third kappa shape index (κ3) is 2.20. The topological polar surface area (TPSA) is 92.3 Å². The highest BCUT2D eigenvalue weighted by atomic mass is 16.2. The number of carbonyl (C=O) groups is 4. The van der Waals surface area contributed by atoms with Gasteiger partial charge in [0.2, 0.25) is 0 Å². The number of imide groups is 2. The van der Waals surface area contributed by atoms with Gasteiger partial charge < -0.3 is 0 Å². The Hall–Kier alpha value is -3.80. The van der Waals surface area contributed by atoms with Crippen LogP contribution in [0.2, 0.25) is 0 Å². The molecule has 0 aromatic heterocycles. The Kier molecular flexibility index (Phi) is 3.06. The molecule has 0 saturated heterocycles. The van der Waals surface area contributed by atoms with E-state index in [0.717, 1.165) is 21.9 Å². The van der Waals surface area contributed by atoms with E-state index in [1.807, 2.05) is 42.5 Å². The smallest absolute Gasteiger partial charge is 0.258 e. The molecule has 5 rings (SSSR count). The lowest BCUT2D eigenvalue weighted by molar-refractivity contribution is -0.125. The van der Waals surface area contributed by atoms with Gasteiger partial charge in [0.05, 0.1) is 0 Å². The molecule has 6 nitrogen and oxygen atoms in total. The van der Waals surface area contributed by atoms with Crippen molar-refractivity contribution in [2.24, 2.45) is 0 Å². The van der Waals surface area contributed by atoms with Gasteiger partial charge in [-0.15, -0.1) is 0 Å². The summed E-state index contributed by atoms with van der Waals surface area (Å²) in [6.45, 7) is 0. The van der Waals surface area contributed by atoms with Gasteiger partial charge in [-0.1, -0.05) is 36.4 Å². The van der Waals surface area contributed by atoms with E-state index in [1.165, 1.54) is 12.2 Å². The molecule has 2 aromatic rings. The van der Waals surface area contributed by atoms with E-state index in [2.05, 4.69) is 10.6 Å². The van der Waals surface area contributed by atoms with E-state index >= 15 is 0 Å². The quantitative estimate of drug-likeness (QED) is 0.798. The molecule has 0 bridgehead atoms. The van der Waals surface area contributed by atoms with E-state index in [1.54, 1.807) is 0 Å². The van der Waals surface area contributed by atoms with Crippen molar-refractivity contribution < 1.29 is 19.2 Å². The fourth-order valence-electron chi connectivity index (χ4n) is 4.02. The minimum atomic E-state index is -0.613. The highest BCUT2D eigenvalue weighted by Gasteiger charge is 2.38. The average Bonchev–Trinajstić information content (AvgIpc) is 3.15. The van der Waals surface area contributed by atoms with Crippen molar-refractivity contribution in [1.82, 2.24) is 10.6 Å². The highest BCUT2D eigenvalue weighted by molar-refractivity contribution is 6.22. The van der Waals surface area contributed by atoms with Crippen molar-refractivity contribution in [3.63, 3.8) is 0 Å². The van der Waals surface area contributed by atoms with Gasteiger partial charge in [0.1, 0.15) is 0 Å². The molecular formula is C21H12N2O4. The largest absolute Gasteiger partial charge is 0.289 e. The lowest BCUT2D eigenvalue weighted by Gasteiger charge is -2.27. The molecule has 2 N–H and O–H groups in total. The average molecular weight is 356 g/mol. The molecule has 0 saturated carbocycles. The van der Waals surface area contributed by atoms with E-state index in [-0.39, 0.29) is 11.1 Å². The summed E-state index contributed by atoms with van der Waals surface area (Å²) < 4.78 is 0. The van der Waals surface area contributed by atoms with Crippen LogP contribution in [0.15, 0.2) is 65.3 Å². The van der Waals surface area contributed by atoms with E-state index < -0.39 is 29.5 Å². The molecule has 27 heavy (non-hydrogen) atoms. The lowest BCUT2D eigenvalue weighted by atomic mass is 9.74. The number of carbonyl (C=O) groups excluding carboxylic acids is 4. The number of nitrogens with one attached hydrogen (secondary N) is 2. The fourth-order valence-corrected chi connectivity index (χ4v) is 4.02. The Morgan fingerprint density at radius 2 is 1.41 bits per heavy atom. The minimum Gasteiger partial charge on any atom is -0.289 e. The predicted octanol–water partition coefficient (Wildman–Crippen LogP) is 1.49. The van der Waals surface area contributed by atoms with Crippen molar-refractivity contribution in [3.8, 4) is 0 Å². The molecule has 0 fully saturated rings. The van der Waals surface area contributed by atoms with Crippen molar-refractivity contribution in [3.05, 3.63) is 76.4 Å². The van der Waals surface area contributed by atoms with Gasteiger partial charge in [0.15, 0.2) is 0 Å². The number of benzene rings is 2. The molecule has 1 atom stereocenters. The highest BCUT2D eigenvalue weighted by Crippen LogP contribution is 2.46. The van der Waals surface area contributed by atoms with Crippen LogP contribution >= 0.6 is 0 Å². The van der Waals surface area contributed by atoms with Crippen molar-refractivity contribution in [1.29, 1.82) is 0 Å². The Bertz CT molecular complexity index is 1190. The van der Waals surface area contributed by atoms with Gasteiger partial charge in [-0.2, -0.15) is 0 Å². The Balaban J connectivity index is 1.83. The summed E-state index contributed by atoms with van der Waals surface area (Å²) in [5.41, 5.74) is 2.73. The first-order chi connectivity index (χ1) is 13.0. The summed E-state index contributed by atoms with van der Waals surface area (Å²) in [4.78, 5) is 48.2. The predicted molar refractivity (Wildman–Crippen MR) is 97.1 cm³/mol. The molecule has 2 aromatic carbocycles. The molecule has 1 unspecified atom stereocenters. The summed E-state index contributed by atoms with van der Waals surface area (Å²) in [6.07, 6.45) is 4.33. The van der Waals surface area contributed by atoms with Crippen LogP contribution in [0.1, 0.15) is 17.0 Å². The van der Waals surface area contributed by atoms with Gasteiger partial charge in [0.25, 0.3) is 23.6 Å². The van der Waals surface area contributed by atoms with Crippen LogP contribution in [0.4, 0.5) is 0 Å². The number of amides is 4. The monoisotopic (exact) mass is 356 g/mol. The summed E-state index contributed by atoms with van der Waals surface area (Å²) in [5.74, 6) is -2.59. The lowest BCUT2D eigenvalue weighted by Crippen LogP contribution is -2.27. The second-order valence-corrected chi connectivity index (χ2v) is 6.62. The maximum Gasteiger partial charge on any atom is 0.258 e. The van der Waals surface area contributed by atoms with Crippen LogP contribution in [0.25, 0.3) is 16.8 Å². The fraction of sp³-hybridized carbons (Fsp3) is 0.0476. The normalized spacial score (nSPS) is 21.0. The van der Waals surface area contributed by atoms with E-state index in [0.29, 0.717) is 5.57 Å². The Morgan fingerprint density at radius 1 is 0.704 bits per heavy atom. The summed E-state index contributed by atoms with van der Waals surface area (Å²) in [7, 11) is 0. The molecule has 6 heteroatoms. The maximum atomic E-state index is 12.4. The van der Waals surface area contributed by atoms with Crippen molar-refractivity contribution in [2.75, 3.05) is 0 Å². The molecule has 2 heterocycles. The second kappa shape index (κ2) is 5.35. The summed E-state index contributed by atoms with van der Waals surface area (Å²) in [6, 6.07) is 11.5. The van der Waals surface area contributed by atoms with Gasteiger partial charge in [0, 0.05) is 29.2 Å². The maximum absolute atomic E-state index is 12.4. The summed E-state index contributed by atoms with van der Waals surface area (Å²) >= 11 is 0. The van der Waals surface area contributed by atoms with Gasteiger partial charge in [-0.3, -0.25) is 29.8 Å². The van der Waals surface area contributed by atoms with Crippen LogP contribution in [-0.4, -0.2) is 23.6 Å². The zero-order valence-corrected chi connectivity index (χ0v) is 13.9. The minimum absolute atomic E-state index is 0.213. The van der Waals surface area contributed by atoms with Crippen molar-refractivity contribution >= 4 is 40.5 Å². The second-order valence-electron chi connectivity index (χ2n) is 6.62. The zero-order valence-electron chi connectivity index (χ0n) is 13.9. The SMILES string of the molecule is O=C1C=C(C2=Cc3cccc4cccc(c34)C2C2=CC(=O)NC2=O)C(=O)N1. The third-order valence-corrected chi connectivity index (χ3v) is 5.07. The van der Waals surface area contributed by atoms with Gasteiger partial charge in [-0.05, 0) is 33.5 Å². The van der Waals surface area contributed by atoms with Crippen LogP contribution in [-0.2, 0) is 19.2 Å². The first-order valence-electron chi connectivity index (χ1n) is 8.40. The molecule has 4 amide bonds. The molecule has 3 aliphatic rings. The molecule has 2 aliphatic heterocycles. The third-order valence-electron chi connectivity index (χ3n) is 5.07. The number of hydrogen-bond donors (Lipinski definition) is 2. The first-order valence-corrected chi connectivity index (χ1v) is 8.40. The zero-order chi connectivity index (χ0) is 18.7. The number of hydrogen-bond acceptors (Lipinski definition) is 4. The Labute approximate surface area is 153 Å². The van der Waals surface area contributed by atoms with Crippen LogP contribution in [0.3, 0.4) is 0 Å². The Morgan fingerprint density at radius 3 is 2.07 bits per heavy atom. The van der Waals surface area contributed by atoms with E-state index in [4.69, 9.17) is 0 Å². The standard InChI is InChI=1S/C21H12N2O4/c24-16-8-14(20(26)22-16)13-7-11-5-1-3-10-4-2-6-12(18(10)11)19(13)15-9-17(25)23-21(15)27/h1-9,19H,(H,22,24,26)(H,23,25,27). The van der Waals surface area contributed by atoms with Crippen molar-refractivity contribution in [2.45, 2.75) is 5.92 Å². The van der Waals surface area contributed by atoms with Crippen LogP contribution in [0.5, 0.6) is 0 Å². The van der Waals surface area contributed by atoms with Gasteiger partial charge in [-0.25, -0.2) is 0 Å². The molecule has 0 spiro atoms. The van der Waals surface area contributed by atoms with E-state index in [9.17, 15) is 19.2 Å².